The van der Waals surface area contributed by atoms with Crippen molar-refractivity contribution >= 4 is 11.6 Å². The molecule has 0 aliphatic heterocycles. The van der Waals surface area contributed by atoms with Gasteiger partial charge in [0.1, 0.15) is 0 Å². The van der Waals surface area contributed by atoms with Gasteiger partial charge in [0.15, 0.2) is 0 Å². The Bertz CT molecular complexity index is 459. The number of benzene rings is 1. The van der Waals surface area contributed by atoms with Gasteiger partial charge in [-0.2, -0.15) is 5.10 Å². The van der Waals surface area contributed by atoms with Crippen LogP contribution in [0.1, 0.15) is 11.4 Å². The van der Waals surface area contributed by atoms with Crippen molar-refractivity contribution in [3.05, 3.63) is 40.7 Å². The number of aryl methyl sites for hydroxylation is 1. The van der Waals surface area contributed by atoms with Crippen LogP contribution in [-0.2, 0) is 6.54 Å². The maximum Gasteiger partial charge on any atom is 0.0838 e. The van der Waals surface area contributed by atoms with E-state index in [1.165, 1.54) is 0 Å². The summed E-state index contributed by atoms with van der Waals surface area (Å²) in [6.45, 7) is 2.42. The summed E-state index contributed by atoms with van der Waals surface area (Å²) in [6.07, 6.45) is 0. The number of hydrogen-bond acceptors (Lipinski definition) is 2. The van der Waals surface area contributed by atoms with E-state index in [1.54, 1.807) is 0 Å². The van der Waals surface area contributed by atoms with Gasteiger partial charge in [0.2, 0.25) is 0 Å². The lowest BCUT2D eigenvalue weighted by atomic mass is 10.0. The number of aromatic nitrogens is 2. The molecular weight excluding hydrogens is 210 g/mol. The average molecular weight is 222 g/mol. The van der Waals surface area contributed by atoms with Crippen LogP contribution in [0.15, 0.2) is 24.3 Å². The summed E-state index contributed by atoms with van der Waals surface area (Å²) in [5, 5.41) is 7.82. The highest BCUT2D eigenvalue weighted by molar-refractivity contribution is 6.30. The normalized spacial score (nSPS) is 10.6. The Kier molecular flexibility index (Phi) is 2.75. The second-order valence-corrected chi connectivity index (χ2v) is 3.82. The number of H-pyrrole nitrogens is 1. The summed E-state index contributed by atoms with van der Waals surface area (Å²) < 4.78 is 0. The SMILES string of the molecule is Cc1[nH]nc(CN)c1-c1ccc(Cl)cc1. The standard InChI is InChI=1S/C11H12ClN3/c1-7-11(10(6-13)15-14-7)8-2-4-9(12)5-3-8/h2-5H,6,13H2,1H3,(H,14,15). The molecule has 78 valence electrons. The predicted molar refractivity (Wildman–Crippen MR) is 61.7 cm³/mol. The first kappa shape index (κ1) is 10.2. The van der Waals surface area contributed by atoms with E-state index in [1.807, 2.05) is 31.2 Å². The molecule has 0 saturated heterocycles. The molecule has 0 atom stereocenters. The van der Waals surface area contributed by atoms with Crippen LogP contribution in [0, 0.1) is 6.92 Å². The first-order chi connectivity index (χ1) is 7.22. The zero-order valence-electron chi connectivity index (χ0n) is 8.42. The predicted octanol–water partition coefficient (Wildman–Crippen LogP) is 2.50. The molecule has 0 aliphatic rings. The lowest BCUT2D eigenvalue weighted by Crippen LogP contribution is -1.98. The van der Waals surface area contributed by atoms with Crippen LogP contribution < -0.4 is 5.73 Å². The Labute approximate surface area is 93.3 Å². The van der Waals surface area contributed by atoms with Crippen molar-refractivity contribution in [3.63, 3.8) is 0 Å². The summed E-state index contributed by atoms with van der Waals surface area (Å²) in [5.41, 5.74) is 9.70. The van der Waals surface area contributed by atoms with E-state index in [-0.39, 0.29) is 0 Å². The minimum Gasteiger partial charge on any atom is -0.325 e. The van der Waals surface area contributed by atoms with E-state index in [0.717, 1.165) is 27.5 Å². The monoisotopic (exact) mass is 221 g/mol. The Morgan fingerprint density at radius 3 is 2.60 bits per heavy atom. The highest BCUT2D eigenvalue weighted by Crippen LogP contribution is 2.26. The maximum atomic E-state index is 5.84. The highest BCUT2D eigenvalue weighted by Gasteiger charge is 2.10. The summed E-state index contributed by atoms with van der Waals surface area (Å²) in [4.78, 5) is 0. The van der Waals surface area contributed by atoms with Crippen molar-refractivity contribution in [3.8, 4) is 11.1 Å². The summed E-state index contributed by atoms with van der Waals surface area (Å²) in [6, 6.07) is 7.67. The Morgan fingerprint density at radius 1 is 1.33 bits per heavy atom. The number of nitrogens with one attached hydrogen (secondary N) is 1. The molecule has 15 heavy (non-hydrogen) atoms. The average Bonchev–Trinajstić information content (AvgIpc) is 2.61. The minimum atomic E-state index is 0.433. The number of rotatable bonds is 2. The first-order valence-electron chi connectivity index (χ1n) is 4.72. The van der Waals surface area contributed by atoms with Gasteiger partial charge in [0, 0.05) is 22.8 Å². The van der Waals surface area contributed by atoms with Crippen LogP contribution in [0.4, 0.5) is 0 Å². The zero-order chi connectivity index (χ0) is 10.8. The molecule has 0 bridgehead atoms. The molecule has 2 aromatic rings. The molecule has 0 saturated carbocycles. The molecule has 3 N–H and O–H groups in total. The number of halogens is 1. The van der Waals surface area contributed by atoms with Gasteiger partial charge in [0.05, 0.1) is 5.69 Å². The van der Waals surface area contributed by atoms with Gasteiger partial charge in [-0.25, -0.2) is 0 Å². The second-order valence-electron chi connectivity index (χ2n) is 3.38. The Balaban J connectivity index is 2.52. The molecule has 1 aromatic carbocycles. The van der Waals surface area contributed by atoms with Crippen LogP contribution in [0.25, 0.3) is 11.1 Å². The lowest BCUT2D eigenvalue weighted by molar-refractivity contribution is 0.940. The third-order valence-electron chi connectivity index (χ3n) is 2.35. The van der Waals surface area contributed by atoms with Gasteiger partial charge in [-0.15, -0.1) is 0 Å². The molecule has 3 nitrogen and oxygen atoms in total. The summed E-state index contributed by atoms with van der Waals surface area (Å²) in [7, 11) is 0. The van der Waals surface area contributed by atoms with Crippen molar-refractivity contribution in [2.45, 2.75) is 13.5 Å². The molecule has 0 fully saturated rings. The smallest absolute Gasteiger partial charge is 0.0838 e. The van der Waals surface area contributed by atoms with E-state index in [4.69, 9.17) is 17.3 Å². The molecule has 0 amide bonds. The van der Waals surface area contributed by atoms with Crippen molar-refractivity contribution in [2.24, 2.45) is 5.73 Å². The molecule has 0 radical (unpaired) electrons. The van der Waals surface area contributed by atoms with E-state index in [2.05, 4.69) is 10.2 Å². The van der Waals surface area contributed by atoms with Gasteiger partial charge < -0.3 is 5.73 Å². The highest BCUT2D eigenvalue weighted by atomic mass is 35.5. The first-order valence-corrected chi connectivity index (χ1v) is 5.10. The largest absolute Gasteiger partial charge is 0.325 e. The fourth-order valence-corrected chi connectivity index (χ4v) is 1.75. The third kappa shape index (κ3) is 1.89. The molecule has 2 rings (SSSR count). The van der Waals surface area contributed by atoms with Crippen molar-refractivity contribution in [1.82, 2.24) is 10.2 Å². The number of hydrogen-bond donors (Lipinski definition) is 2. The van der Waals surface area contributed by atoms with Crippen LogP contribution >= 0.6 is 11.6 Å². The van der Waals surface area contributed by atoms with Crippen molar-refractivity contribution in [1.29, 1.82) is 0 Å². The molecule has 0 aliphatic carbocycles. The van der Waals surface area contributed by atoms with Gasteiger partial charge >= 0.3 is 0 Å². The van der Waals surface area contributed by atoms with Crippen LogP contribution in [-0.4, -0.2) is 10.2 Å². The zero-order valence-corrected chi connectivity index (χ0v) is 9.17. The van der Waals surface area contributed by atoms with Gasteiger partial charge in [-0.1, -0.05) is 23.7 Å². The quantitative estimate of drug-likeness (QED) is 0.819. The summed E-state index contributed by atoms with van der Waals surface area (Å²) >= 11 is 5.84. The van der Waals surface area contributed by atoms with E-state index < -0.39 is 0 Å². The van der Waals surface area contributed by atoms with E-state index >= 15 is 0 Å². The topological polar surface area (TPSA) is 54.7 Å². The van der Waals surface area contributed by atoms with Crippen molar-refractivity contribution in [2.75, 3.05) is 0 Å². The number of nitrogens with zero attached hydrogens (tertiary/aromatic N) is 1. The number of nitrogens with two attached hydrogens (primary N) is 1. The fourth-order valence-electron chi connectivity index (χ4n) is 1.63. The molecule has 0 spiro atoms. The lowest BCUT2D eigenvalue weighted by Gasteiger charge is -2.02. The van der Waals surface area contributed by atoms with Gasteiger partial charge in [-0.05, 0) is 24.6 Å². The molecular formula is C11H12ClN3. The van der Waals surface area contributed by atoms with Crippen LogP contribution in [0.3, 0.4) is 0 Å². The van der Waals surface area contributed by atoms with Crippen molar-refractivity contribution < 1.29 is 0 Å². The van der Waals surface area contributed by atoms with E-state index in [9.17, 15) is 0 Å². The van der Waals surface area contributed by atoms with E-state index in [0.29, 0.717) is 6.54 Å². The van der Waals surface area contributed by atoms with Gasteiger partial charge in [-0.3, -0.25) is 5.10 Å². The van der Waals surface area contributed by atoms with Crippen LogP contribution in [0.2, 0.25) is 5.02 Å². The molecule has 1 aromatic heterocycles. The second kappa shape index (κ2) is 4.04. The maximum absolute atomic E-state index is 5.84. The Hall–Kier alpha value is -1.32. The van der Waals surface area contributed by atoms with Crippen LogP contribution in [0.5, 0.6) is 0 Å². The van der Waals surface area contributed by atoms with Gasteiger partial charge in [0.25, 0.3) is 0 Å². The minimum absolute atomic E-state index is 0.433. The molecule has 1 heterocycles. The Morgan fingerprint density at radius 2 is 2.00 bits per heavy atom. The fraction of sp³-hybridized carbons (Fsp3) is 0.182. The summed E-state index contributed by atoms with van der Waals surface area (Å²) in [5.74, 6) is 0. The number of aromatic amines is 1. The molecule has 4 heteroatoms. The third-order valence-corrected chi connectivity index (χ3v) is 2.60. The molecule has 0 unspecified atom stereocenters.